The van der Waals surface area contributed by atoms with E-state index >= 15 is 0 Å². The van der Waals surface area contributed by atoms with Gasteiger partial charge < -0.3 is 5.32 Å². The van der Waals surface area contributed by atoms with Gasteiger partial charge in [0.2, 0.25) is 0 Å². The molecular weight excluding hydrogens is 286 g/mol. The number of carbonyl (C=O) groups excluding carboxylic acids is 1. The highest BCUT2D eigenvalue weighted by Crippen LogP contribution is 2.27. The smallest absolute Gasteiger partial charge is 0.279 e. The molecule has 1 N–H and O–H groups in total. The van der Waals surface area contributed by atoms with Crippen molar-refractivity contribution in [1.82, 2.24) is 15.1 Å². The molecule has 0 spiro atoms. The van der Waals surface area contributed by atoms with E-state index in [4.69, 9.17) is 0 Å². The van der Waals surface area contributed by atoms with Crippen molar-refractivity contribution in [1.29, 1.82) is 0 Å². The minimum Gasteiger partial charge on any atom is -0.349 e. The first-order valence-electron chi connectivity index (χ1n) is 7.32. The molecule has 0 aromatic carbocycles. The van der Waals surface area contributed by atoms with Gasteiger partial charge in [0.1, 0.15) is 5.56 Å². The van der Waals surface area contributed by atoms with Crippen LogP contribution < -0.4 is 10.9 Å². The standard InChI is InChI=1S/C15H23N3O2S/c1-9-10(2)17-18(3)15(20)13(9)14(19)16-11-6-5-7-12(8-11)21-4/h11-12H,5-8H2,1-4H3,(H,16,19)/t11-,12-/m0/s1. The SMILES string of the molecule is CS[C@H]1CCC[C@H](NC(=O)c2c(C)c(C)nn(C)c2=O)C1. The van der Waals surface area contributed by atoms with Gasteiger partial charge >= 0.3 is 0 Å². The fraction of sp³-hybridized carbons (Fsp3) is 0.667. The number of amides is 1. The lowest BCUT2D eigenvalue weighted by atomic mass is 9.94. The second-order valence-electron chi connectivity index (χ2n) is 5.71. The second-order valence-corrected chi connectivity index (χ2v) is 6.85. The van der Waals surface area contributed by atoms with Gasteiger partial charge in [0.25, 0.3) is 11.5 Å². The van der Waals surface area contributed by atoms with Crippen molar-refractivity contribution in [2.75, 3.05) is 6.26 Å². The summed E-state index contributed by atoms with van der Waals surface area (Å²) in [5.41, 5.74) is 1.30. The Kier molecular flexibility index (Phi) is 5.08. The van der Waals surface area contributed by atoms with Gasteiger partial charge in [-0.2, -0.15) is 16.9 Å². The molecule has 2 atom stereocenters. The van der Waals surface area contributed by atoms with E-state index in [2.05, 4.69) is 16.7 Å². The summed E-state index contributed by atoms with van der Waals surface area (Å²) in [6.07, 6.45) is 6.43. The summed E-state index contributed by atoms with van der Waals surface area (Å²) in [5.74, 6) is -0.259. The van der Waals surface area contributed by atoms with E-state index in [0.717, 1.165) is 19.3 Å². The maximum atomic E-state index is 12.5. The Labute approximate surface area is 129 Å². The largest absolute Gasteiger partial charge is 0.349 e. The van der Waals surface area contributed by atoms with E-state index in [1.54, 1.807) is 14.0 Å². The van der Waals surface area contributed by atoms with E-state index in [-0.39, 0.29) is 23.1 Å². The first kappa shape index (κ1) is 16.1. The molecule has 1 aliphatic carbocycles. The summed E-state index contributed by atoms with van der Waals surface area (Å²) in [7, 11) is 1.58. The highest BCUT2D eigenvalue weighted by molar-refractivity contribution is 7.99. The molecule has 0 saturated heterocycles. The third-order valence-corrected chi connectivity index (χ3v) is 5.34. The van der Waals surface area contributed by atoms with Crippen molar-refractivity contribution < 1.29 is 4.79 Å². The van der Waals surface area contributed by atoms with Crippen LogP contribution in [0.2, 0.25) is 0 Å². The fourth-order valence-electron chi connectivity index (χ4n) is 2.86. The van der Waals surface area contributed by atoms with E-state index in [0.29, 0.717) is 16.5 Å². The number of aryl methyl sites for hydroxylation is 2. The number of rotatable bonds is 3. The Morgan fingerprint density at radius 1 is 1.38 bits per heavy atom. The molecule has 0 radical (unpaired) electrons. The number of nitrogens with zero attached hydrogens (tertiary/aromatic N) is 2. The molecule has 1 aromatic rings. The van der Waals surface area contributed by atoms with Gasteiger partial charge in [0.15, 0.2) is 0 Å². The molecule has 0 bridgehead atoms. The van der Waals surface area contributed by atoms with Gasteiger partial charge in [-0.15, -0.1) is 0 Å². The molecule has 1 aromatic heterocycles. The lowest BCUT2D eigenvalue weighted by molar-refractivity contribution is 0.0925. The molecule has 5 nitrogen and oxygen atoms in total. The molecule has 21 heavy (non-hydrogen) atoms. The zero-order valence-corrected chi connectivity index (χ0v) is 13.9. The number of hydrogen-bond acceptors (Lipinski definition) is 4. The van der Waals surface area contributed by atoms with Crippen LogP contribution in [-0.2, 0) is 7.05 Å². The summed E-state index contributed by atoms with van der Waals surface area (Å²) in [6, 6.07) is 0.168. The van der Waals surface area contributed by atoms with Crippen LogP contribution in [0.5, 0.6) is 0 Å². The van der Waals surface area contributed by atoms with Crippen LogP contribution in [0.1, 0.15) is 47.3 Å². The summed E-state index contributed by atoms with van der Waals surface area (Å²) in [6.45, 7) is 3.60. The topological polar surface area (TPSA) is 64.0 Å². The number of hydrogen-bond donors (Lipinski definition) is 1. The first-order chi connectivity index (χ1) is 9.93. The molecule has 1 amide bonds. The van der Waals surface area contributed by atoms with Crippen LogP contribution in [0.25, 0.3) is 0 Å². The summed E-state index contributed by atoms with van der Waals surface area (Å²) < 4.78 is 1.24. The normalized spacial score (nSPS) is 22.1. The summed E-state index contributed by atoms with van der Waals surface area (Å²) in [4.78, 5) is 24.7. The monoisotopic (exact) mass is 309 g/mol. The quantitative estimate of drug-likeness (QED) is 0.925. The summed E-state index contributed by atoms with van der Waals surface area (Å²) in [5, 5.41) is 7.75. The molecule has 1 aliphatic rings. The predicted molar refractivity (Wildman–Crippen MR) is 86.0 cm³/mol. The summed E-state index contributed by atoms with van der Waals surface area (Å²) >= 11 is 1.86. The molecule has 116 valence electrons. The number of thioether (sulfide) groups is 1. The maximum Gasteiger partial charge on any atom is 0.279 e. The van der Waals surface area contributed by atoms with Crippen LogP contribution in [0.3, 0.4) is 0 Å². The van der Waals surface area contributed by atoms with Crippen molar-refractivity contribution in [3.63, 3.8) is 0 Å². The van der Waals surface area contributed by atoms with E-state index < -0.39 is 0 Å². The van der Waals surface area contributed by atoms with Crippen LogP contribution >= 0.6 is 11.8 Å². The minimum atomic E-state index is -0.326. The molecular formula is C15H23N3O2S. The van der Waals surface area contributed by atoms with Crippen LogP contribution in [-0.4, -0.2) is 33.2 Å². The lowest BCUT2D eigenvalue weighted by Crippen LogP contribution is -2.42. The van der Waals surface area contributed by atoms with Crippen molar-refractivity contribution in [3.05, 3.63) is 27.2 Å². The molecule has 0 aliphatic heterocycles. The molecule has 1 fully saturated rings. The lowest BCUT2D eigenvalue weighted by Gasteiger charge is -2.28. The third-order valence-electron chi connectivity index (χ3n) is 4.25. The molecule has 1 saturated carbocycles. The minimum absolute atomic E-state index is 0.168. The molecule has 6 heteroatoms. The van der Waals surface area contributed by atoms with E-state index in [1.807, 2.05) is 18.7 Å². The Bertz CT molecular complexity index is 597. The van der Waals surface area contributed by atoms with Crippen molar-refractivity contribution in [2.45, 2.75) is 50.8 Å². The molecule has 2 rings (SSSR count). The van der Waals surface area contributed by atoms with Crippen molar-refractivity contribution >= 4 is 17.7 Å². The number of aromatic nitrogens is 2. The Morgan fingerprint density at radius 2 is 2.10 bits per heavy atom. The fourth-order valence-corrected chi connectivity index (χ4v) is 3.69. The zero-order valence-electron chi connectivity index (χ0n) is 13.1. The third kappa shape index (κ3) is 3.48. The van der Waals surface area contributed by atoms with Gasteiger partial charge in [0, 0.05) is 18.3 Å². The second kappa shape index (κ2) is 6.64. The van der Waals surface area contributed by atoms with Gasteiger partial charge in [-0.3, -0.25) is 9.59 Å². The maximum absolute atomic E-state index is 12.5. The number of nitrogens with one attached hydrogen (secondary N) is 1. The van der Waals surface area contributed by atoms with Gasteiger partial charge in [-0.1, -0.05) is 6.42 Å². The Balaban J connectivity index is 2.19. The van der Waals surface area contributed by atoms with Gasteiger partial charge in [0.05, 0.1) is 5.69 Å². The van der Waals surface area contributed by atoms with Crippen LogP contribution in [0.15, 0.2) is 4.79 Å². The zero-order chi connectivity index (χ0) is 15.6. The molecule has 1 heterocycles. The van der Waals surface area contributed by atoms with Crippen molar-refractivity contribution in [3.8, 4) is 0 Å². The van der Waals surface area contributed by atoms with Crippen LogP contribution in [0, 0.1) is 13.8 Å². The molecule has 0 unspecified atom stereocenters. The first-order valence-corrected chi connectivity index (χ1v) is 8.61. The van der Waals surface area contributed by atoms with Gasteiger partial charge in [-0.05, 0) is 44.9 Å². The van der Waals surface area contributed by atoms with E-state index in [9.17, 15) is 9.59 Å². The average molecular weight is 309 g/mol. The Morgan fingerprint density at radius 3 is 2.76 bits per heavy atom. The van der Waals surface area contributed by atoms with E-state index in [1.165, 1.54) is 11.1 Å². The number of carbonyl (C=O) groups is 1. The van der Waals surface area contributed by atoms with Crippen LogP contribution in [0.4, 0.5) is 0 Å². The van der Waals surface area contributed by atoms with Gasteiger partial charge in [-0.25, -0.2) is 4.68 Å². The predicted octanol–water partition coefficient (Wildman–Crippen LogP) is 1.80. The average Bonchev–Trinajstić information content (AvgIpc) is 2.45. The highest BCUT2D eigenvalue weighted by atomic mass is 32.2. The van der Waals surface area contributed by atoms with Crippen molar-refractivity contribution in [2.24, 2.45) is 7.05 Å². The highest BCUT2D eigenvalue weighted by Gasteiger charge is 2.25. The Hall–Kier alpha value is -1.30.